The Hall–Kier alpha value is -2.54. The van der Waals surface area contributed by atoms with Crippen LogP contribution in [0.4, 0.5) is 0 Å². The van der Waals surface area contributed by atoms with Crippen LogP contribution >= 0.6 is 0 Å². The topological polar surface area (TPSA) is 68.7 Å². The predicted molar refractivity (Wildman–Crippen MR) is 77.8 cm³/mol. The number of carbonyl (C=O) groups is 1. The van der Waals surface area contributed by atoms with Gasteiger partial charge in [0.2, 0.25) is 0 Å². The number of carbonyl (C=O) groups excluding carboxylic acids is 1. The van der Waals surface area contributed by atoms with E-state index in [2.05, 4.69) is 10.3 Å². The quantitative estimate of drug-likeness (QED) is 0.661. The molecule has 3 rings (SSSR count). The molecule has 4 heteroatoms. The van der Waals surface area contributed by atoms with Gasteiger partial charge in [0.1, 0.15) is 11.6 Å². The van der Waals surface area contributed by atoms with Crippen molar-refractivity contribution in [1.82, 2.24) is 10.3 Å². The number of aromatic nitrogens is 1. The highest BCUT2D eigenvalue weighted by atomic mass is 16.1. The number of para-hydroxylation sites is 1. The van der Waals surface area contributed by atoms with E-state index >= 15 is 0 Å². The molecule has 0 saturated heterocycles. The smallest absolute Gasteiger partial charge is 0.262 e. The molecule has 0 aliphatic heterocycles. The molecular weight excluding hydrogens is 250 g/mol. The van der Waals surface area contributed by atoms with E-state index in [4.69, 9.17) is 0 Å². The maximum atomic E-state index is 12.0. The van der Waals surface area contributed by atoms with Crippen molar-refractivity contribution in [2.45, 2.75) is 25.8 Å². The second-order valence-electron chi connectivity index (χ2n) is 5.13. The highest BCUT2D eigenvalue weighted by Crippen LogP contribution is 2.25. The third kappa shape index (κ3) is 2.30. The average molecular weight is 265 g/mol. The van der Waals surface area contributed by atoms with Gasteiger partial charge in [0.05, 0.1) is 0 Å². The van der Waals surface area contributed by atoms with E-state index < -0.39 is 0 Å². The number of hydrogen-bond donors (Lipinski definition) is 2. The van der Waals surface area contributed by atoms with Crippen molar-refractivity contribution in [2.24, 2.45) is 0 Å². The van der Waals surface area contributed by atoms with E-state index in [1.807, 2.05) is 37.3 Å². The van der Waals surface area contributed by atoms with Crippen molar-refractivity contribution in [1.29, 1.82) is 5.26 Å². The van der Waals surface area contributed by atoms with Crippen LogP contribution in [0.15, 0.2) is 29.8 Å². The number of nitrogens with zero attached hydrogens (tertiary/aromatic N) is 1. The summed E-state index contributed by atoms with van der Waals surface area (Å²) in [6, 6.07) is 10.1. The summed E-state index contributed by atoms with van der Waals surface area (Å²) < 4.78 is 0. The normalized spacial score (nSPS) is 15.1. The van der Waals surface area contributed by atoms with Gasteiger partial charge in [0.15, 0.2) is 0 Å². The Labute approximate surface area is 117 Å². The zero-order chi connectivity index (χ0) is 14.1. The lowest BCUT2D eigenvalue weighted by Crippen LogP contribution is -2.26. The number of fused-ring (bicyclic) bond motifs is 1. The van der Waals surface area contributed by atoms with Crippen LogP contribution < -0.4 is 5.32 Å². The number of nitriles is 1. The number of rotatable bonds is 3. The number of benzene rings is 1. The molecule has 2 aromatic rings. The third-order valence-corrected chi connectivity index (χ3v) is 3.51. The summed E-state index contributed by atoms with van der Waals surface area (Å²) in [6.45, 7) is 1.94. The van der Waals surface area contributed by atoms with Crippen molar-refractivity contribution in [3.05, 3.63) is 41.1 Å². The summed E-state index contributed by atoms with van der Waals surface area (Å²) in [5.74, 6) is -0.278. The van der Waals surface area contributed by atoms with Crippen LogP contribution in [0.2, 0.25) is 0 Å². The monoisotopic (exact) mass is 265 g/mol. The lowest BCUT2D eigenvalue weighted by Gasteiger charge is -2.01. The van der Waals surface area contributed by atoms with Crippen LogP contribution in [0.5, 0.6) is 0 Å². The lowest BCUT2D eigenvalue weighted by atomic mass is 10.1. The van der Waals surface area contributed by atoms with E-state index in [1.165, 1.54) is 0 Å². The van der Waals surface area contributed by atoms with Crippen molar-refractivity contribution in [2.75, 3.05) is 0 Å². The Kier molecular flexibility index (Phi) is 3.03. The van der Waals surface area contributed by atoms with Gasteiger partial charge in [-0.3, -0.25) is 4.79 Å². The maximum Gasteiger partial charge on any atom is 0.262 e. The molecule has 4 nitrogen and oxygen atoms in total. The van der Waals surface area contributed by atoms with Crippen LogP contribution in [0.1, 0.15) is 24.1 Å². The summed E-state index contributed by atoms with van der Waals surface area (Å²) >= 11 is 0. The summed E-state index contributed by atoms with van der Waals surface area (Å²) in [5, 5.41) is 13.1. The highest BCUT2D eigenvalue weighted by Gasteiger charge is 2.24. The second-order valence-corrected chi connectivity index (χ2v) is 5.13. The van der Waals surface area contributed by atoms with E-state index in [0.717, 1.165) is 35.0 Å². The van der Waals surface area contributed by atoms with Crippen LogP contribution in [-0.2, 0) is 4.79 Å². The minimum Gasteiger partial charge on any atom is -0.358 e. The largest absolute Gasteiger partial charge is 0.358 e. The van der Waals surface area contributed by atoms with E-state index in [9.17, 15) is 10.1 Å². The molecule has 1 heterocycles. The molecule has 1 saturated carbocycles. The van der Waals surface area contributed by atoms with Crippen LogP contribution in [0.25, 0.3) is 17.0 Å². The van der Waals surface area contributed by atoms with Crippen molar-refractivity contribution < 1.29 is 4.79 Å². The number of hydrogen-bond acceptors (Lipinski definition) is 2. The minimum atomic E-state index is -0.278. The van der Waals surface area contributed by atoms with Crippen LogP contribution in [-0.4, -0.2) is 16.9 Å². The van der Waals surface area contributed by atoms with Gasteiger partial charge in [0.25, 0.3) is 5.91 Å². The molecule has 20 heavy (non-hydrogen) atoms. The molecule has 1 aromatic heterocycles. The molecule has 1 aromatic carbocycles. The number of aromatic amines is 1. The Bertz CT molecular complexity index is 745. The SMILES string of the molecule is Cc1[nH]c2ccccc2c1/C=C(\C#N)C(=O)NC1CC1. The van der Waals surface area contributed by atoms with Gasteiger partial charge in [-0.25, -0.2) is 0 Å². The fraction of sp³-hybridized carbons (Fsp3) is 0.250. The second kappa shape index (κ2) is 4.86. The molecule has 1 aliphatic carbocycles. The molecule has 0 bridgehead atoms. The molecule has 0 atom stereocenters. The maximum absolute atomic E-state index is 12.0. The van der Waals surface area contributed by atoms with Gasteiger partial charge in [-0.2, -0.15) is 5.26 Å². The molecule has 100 valence electrons. The molecule has 1 amide bonds. The summed E-state index contributed by atoms with van der Waals surface area (Å²) in [6.07, 6.45) is 3.69. The van der Waals surface area contributed by atoms with Gasteiger partial charge in [0, 0.05) is 28.2 Å². The first-order chi connectivity index (χ1) is 9.69. The van der Waals surface area contributed by atoms with Gasteiger partial charge >= 0.3 is 0 Å². The first kappa shape index (κ1) is 12.5. The molecule has 0 unspecified atom stereocenters. The fourth-order valence-electron chi connectivity index (χ4n) is 2.27. The number of nitrogens with one attached hydrogen (secondary N) is 2. The predicted octanol–water partition coefficient (Wildman–Crippen LogP) is 2.66. The zero-order valence-corrected chi connectivity index (χ0v) is 11.2. The van der Waals surface area contributed by atoms with Crippen molar-refractivity contribution >= 4 is 22.9 Å². The zero-order valence-electron chi connectivity index (χ0n) is 11.2. The highest BCUT2D eigenvalue weighted by molar-refractivity contribution is 6.04. The Morgan fingerprint density at radius 3 is 2.90 bits per heavy atom. The minimum absolute atomic E-state index is 0.157. The van der Waals surface area contributed by atoms with E-state index in [0.29, 0.717) is 0 Å². The Balaban J connectivity index is 2.00. The summed E-state index contributed by atoms with van der Waals surface area (Å²) in [5.41, 5.74) is 3.03. The number of H-pyrrole nitrogens is 1. The third-order valence-electron chi connectivity index (χ3n) is 3.51. The van der Waals surface area contributed by atoms with Gasteiger partial charge in [-0.1, -0.05) is 18.2 Å². The first-order valence-electron chi connectivity index (χ1n) is 6.69. The van der Waals surface area contributed by atoms with Crippen molar-refractivity contribution in [3.8, 4) is 6.07 Å². The molecule has 2 N–H and O–H groups in total. The Morgan fingerprint density at radius 1 is 1.45 bits per heavy atom. The Morgan fingerprint density at radius 2 is 2.20 bits per heavy atom. The summed E-state index contributed by atoms with van der Waals surface area (Å²) in [4.78, 5) is 15.2. The first-order valence-corrected chi connectivity index (χ1v) is 6.69. The number of amides is 1. The van der Waals surface area contributed by atoms with Gasteiger partial charge in [-0.05, 0) is 31.9 Å². The lowest BCUT2D eigenvalue weighted by molar-refractivity contribution is -0.117. The molecule has 1 aliphatic rings. The van der Waals surface area contributed by atoms with Gasteiger partial charge in [-0.15, -0.1) is 0 Å². The summed E-state index contributed by atoms with van der Waals surface area (Å²) in [7, 11) is 0. The molecular formula is C16H15N3O. The van der Waals surface area contributed by atoms with E-state index in [1.54, 1.807) is 6.08 Å². The molecule has 0 spiro atoms. The number of aryl methyl sites for hydroxylation is 1. The standard InChI is InChI=1S/C16H15N3O/c1-10-14(13-4-2-3-5-15(13)18-10)8-11(9-17)16(20)19-12-6-7-12/h2-5,8,12,18H,6-7H2,1H3,(H,19,20)/b11-8+. The fourth-order valence-corrected chi connectivity index (χ4v) is 2.27. The van der Waals surface area contributed by atoms with E-state index in [-0.39, 0.29) is 17.5 Å². The molecule has 0 radical (unpaired) electrons. The van der Waals surface area contributed by atoms with Gasteiger partial charge < -0.3 is 10.3 Å². The van der Waals surface area contributed by atoms with Crippen LogP contribution in [0, 0.1) is 18.3 Å². The molecule has 1 fully saturated rings. The average Bonchev–Trinajstić information content (AvgIpc) is 3.19. The van der Waals surface area contributed by atoms with Crippen LogP contribution in [0.3, 0.4) is 0 Å². The van der Waals surface area contributed by atoms with Crippen molar-refractivity contribution in [3.63, 3.8) is 0 Å².